The van der Waals surface area contributed by atoms with Gasteiger partial charge in [-0.05, 0) is 6.92 Å². The molecule has 0 fully saturated rings. The van der Waals surface area contributed by atoms with Crippen molar-refractivity contribution in [1.82, 2.24) is 0 Å². The Balaban J connectivity index is 2.86. The van der Waals surface area contributed by atoms with Crippen LogP contribution in [0.25, 0.3) is 0 Å². The molecule has 0 spiro atoms. The van der Waals surface area contributed by atoms with Crippen LogP contribution in [0.1, 0.15) is 6.92 Å². The Morgan fingerprint density at radius 3 is 2.29 bits per heavy atom. The van der Waals surface area contributed by atoms with E-state index in [2.05, 4.69) is 43.1 Å². The van der Waals surface area contributed by atoms with Gasteiger partial charge in [-0.15, -0.1) is 0 Å². The summed E-state index contributed by atoms with van der Waals surface area (Å²) in [4.78, 5) is 0. The van der Waals surface area contributed by atoms with E-state index in [0.717, 1.165) is 0 Å². The summed E-state index contributed by atoms with van der Waals surface area (Å²) in [6.45, 7) is 6.34. The van der Waals surface area contributed by atoms with Gasteiger partial charge >= 0.3 is 0 Å². The third-order valence-electron chi connectivity index (χ3n) is 2.31. The molecule has 0 heterocycles. The average molecular weight is 206 g/mol. The van der Waals surface area contributed by atoms with Crippen molar-refractivity contribution in [1.29, 1.82) is 0 Å². The summed E-state index contributed by atoms with van der Waals surface area (Å²) in [7, 11) is -1.48. The molecule has 76 valence electrons. The lowest BCUT2D eigenvalue weighted by Gasteiger charge is -2.18. The van der Waals surface area contributed by atoms with Crippen LogP contribution >= 0.6 is 0 Å². The molecule has 14 heavy (non-hydrogen) atoms. The van der Waals surface area contributed by atoms with Crippen molar-refractivity contribution < 1.29 is 5.11 Å². The molecule has 0 aliphatic heterocycles. The zero-order valence-electron chi connectivity index (χ0n) is 9.07. The molecule has 1 nitrogen and oxygen atoms in total. The molecule has 0 bridgehead atoms. The highest BCUT2D eigenvalue weighted by atomic mass is 28.3. The molecular weight excluding hydrogens is 188 g/mol. The molecule has 1 atom stereocenters. The van der Waals surface area contributed by atoms with Crippen LogP contribution in [0.2, 0.25) is 13.1 Å². The summed E-state index contributed by atoms with van der Waals surface area (Å²) in [6.07, 6.45) is 1.55. The maximum absolute atomic E-state index is 9.20. The van der Waals surface area contributed by atoms with Gasteiger partial charge in [0.2, 0.25) is 0 Å². The summed E-state index contributed by atoms with van der Waals surface area (Å²) >= 11 is 0. The summed E-state index contributed by atoms with van der Waals surface area (Å²) in [6, 6.07) is 10.5. The van der Waals surface area contributed by atoms with Crippen LogP contribution in [-0.4, -0.2) is 19.3 Å². The SMILES string of the molecule is C[C@H](O)/C=C/[Si](C)(C)c1ccccc1. The molecular formula is C12H18OSi. The molecule has 1 aromatic carbocycles. The quantitative estimate of drug-likeness (QED) is 0.751. The molecule has 0 amide bonds. The highest BCUT2D eigenvalue weighted by molar-refractivity contribution is 6.93. The minimum absolute atomic E-state index is 0.342. The summed E-state index contributed by atoms with van der Waals surface area (Å²) in [5, 5.41) is 10.6. The molecule has 1 rings (SSSR count). The fourth-order valence-corrected chi connectivity index (χ4v) is 3.35. The van der Waals surface area contributed by atoms with E-state index < -0.39 is 8.07 Å². The normalized spacial score (nSPS) is 14.6. The second-order valence-corrected chi connectivity index (χ2v) is 8.54. The van der Waals surface area contributed by atoms with E-state index in [1.165, 1.54) is 5.19 Å². The van der Waals surface area contributed by atoms with Crippen LogP contribution in [-0.2, 0) is 0 Å². The highest BCUT2D eigenvalue weighted by Gasteiger charge is 2.18. The lowest BCUT2D eigenvalue weighted by molar-refractivity contribution is 0.244. The van der Waals surface area contributed by atoms with Crippen LogP contribution in [0.5, 0.6) is 0 Å². The minimum atomic E-state index is -1.48. The van der Waals surface area contributed by atoms with Gasteiger partial charge < -0.3 is 5.11 Å². The van der Waals surface area contributed by atoms with E-state index in [0.29, 0.717) is 0 Å². The van der Waals surface area contributed by atoms with Crippen molar-refractivity contribution in [2.75, 3.05) is 0 Å². The Labute approximate surface area is 87.1 Å². The van der Waals surface area contributed by atoms with E-state index in [9.17, 15) is 5.11 Å². The molecule has 1 N–H and O–H groups in total. The number of rotatable bonds is 3. The third kappa shape index (κ3) is 3.12. The van der Waals surface area contributed by atoms with Crippen molar-refractivity contribution >= 4 is 13.3 Å². The molecule has 0 aliphatic carbocycles. The maximum Gasteiger partial charge on any atom is 0.103 e. The van der Waals surface area contributed by atoms with E-state index in [-0.39, 0.29) is 6.10 Å². The zero-order chi connectivity index (χ0) is 10.6. The predicted octanol–water partition coefficient (Wildman–Crippen LogP) is 2.08. The van der Waals surface area contributed by atoms with Crippen molar-refractivity contribution in [2.45, 2.75) is 26.1 Å². The van der Waals surface area contributed by atoms with Gasteiger partial charge in [0.1, 0.15) is 8.07 Å². The fraction of sp³-hybridized carbons (Fsp3) is 0.333. The number of aliphatic hydroxyl groups excluding tert-OH is 1. The van der Waals surface area contributed by atoms with E-state index in [4.69, 9.17) is 0 Å². The summed E-state index contributed by atoms with van der Waals surface area (Å²) in [5.41, 5.74) is 2.19. The number of hydrogen-bond donors (Lipinski definition) is 1. The first-order chi connectivity index (χ1) is 6.52. The van der Waals surface area contributed by atoms with Crippen molar-refractivity contribution in [2.24, 2.45) is 0 Å². The Kier molecular flexibility index (Phi) is 3.67. The molecule has 0 unspecified atom stereocenters. The Morgan fingerprint density at radius 1 is 1.21 bits per heavy atom. The molecule has 0 aliphatic rings. The average Bonchev–Trinajstić information content (AvgIpc) is 2.16. The summed E-state index contributed by atoms with van der Waals surface area (Å²) in [5.74, 6) is 0. The Hall–Kier alpha value is -0.863. The van der Waals surface area contributed by atoms with Gasteiger partial charge in [0.15, 0.2) is 0 Å². The lowest BCUT2D eigenvalue weighted by atomic mass is 10.4. The van der Waals surface area contributed by atoms with Gasteiger partial charge in [0.05, 0.1) is 6.10 Å². The minimum Gasteiger partial charge on any atom is -0.389 e. The number of hydrogen-bond acceptors (Lipinski definition) is 1. The maximum atomic E-state index is 9.20. The lowest BCUT2D eigenvalue weighted by Crippen LogP contribution is -2.39. The second-order valence-electron chi connectivity index (χ2n) is 4.19. The van der Waals surface area contributed by atoms with Gasteiger partial charge in [0, 0.05) is 0 Å². The number of benzene rings is 1. The Bertz CT molecular complexity index is 301. The van der Waals surface area contributed by atoms with Gasteiger partial charge in [-0.2, -0.15) is 0 Å². The standard InChI is InChI=1S/C12H18OSi/c1-11(13)9-10-14(2,3)12-7-5-4-6-8-12/h4-11,13H,1-3H3/b10-9+/t11-/m0/s1. The first kappa shape index (κ1) is 11.2. The second kappa shape index (κ2) is 4.58. The first-order valence-electron chi connectivity index (χ1n) is 4.95. The third-order valence-corrected chi connectivity index (χ3v) is 5.16. The Morgan fingerprint density at radius 2 is 1.79 bits per heavy atom. The van der Waals surface area contributed by atoms with Crippen molar-refractivity contribution in [3.63, 3.8) is 0 Å². The topological polar surface area (TPSA) is 20.2 Å². The van der Waals surface area contributed by atoms with Crippen LogP contribution in [0.4, 0.5) is 0 Å². The van der Waals surface area contributed by atoms with Crippen LogP contribution in [0.3, 0.4) is 0 Å². The predicted molar refractivity (Wildman–Crippen MR) is 64.4 cm³/mol. The van der Waals surface area contributed by atoms with Gasteiger partial charge in [-0.25, -0.2) is 0 Å². The molecule has 0 saturated carbocycles. The largest absolute Gasteiger partial charge is 0.389 e. The fourth-order valence-electron chi connectivity index (χ4n) is 1.34. The van der Waals surface area contributed by atoms with Crippen LogP contribution in [0.15, 0.2) is 42.1 Å². The van der Waals surface area contributed by atoms with E-state index in [1.807, 2.05) is 12.1 Å². The van der Waals surface area contributed by atoms with Gasteiger partial charge in [-0.3, -0.25) is 0 Å². The van der Waals surface area contributed by atoms with Crippen molar-refractivity contribution in [3.05, 3.63) is 42.1 Å². The zero-order valence-corrected chi connectivity index (χ0v) is 10.1. The highest BCUT2D eigenvalue weighted by Crippen LogP contribution is 2.05. The molecule has 0 aromatic heterocycles. The molecule has 1 aromatic rings. The molecule has 0 radical (unpaired) electrons. The van der Waals surface area contributed by atoms with Gasteiger partial charge in [-0.1, -0.05) is 60.4 Å². The molecule has 2 heteroatoms. The van der Waals surface area contributed by atoms with Gasteiger partial charge in [0.25, 0.3) is 0 Å². The summed E-state index contributed by atoms with van der Waals surface area (Å²) < 4.78 is 0. The van der Waals surface area contributed by atoms with Crippen LogP contribution in [0, 0.1) is 0 Å². The first-order valence-corrected chi connectivity index (χ1v) is 8.03. The van der Waals surface area contributed by atoms with Crippen LogP contribution < -0.4 is 5.19 Å². The monoisotopic (exact) mass is 206 g/mol. The van der Waals surface area contributed by atoms with E-state index >= 15 is 0 Å². The smallest absolute Gasteiger partial charge is 0.103 e. The van der Waals surface area contributed by atoms with Crippen molar-refractivity contribution in [3.8, 4) is 0 Å². The number of aliphatic hydroxyl groups is 1. The molecule has 0 saturated heterocycles. The van der Waals surface area contributed by atoms with E-state index in [1.54, 1.807) is 6.92 Å².